The van der Waals surface area contributed by atoms with Gasteiger partial charge < -0.3 is 19.1 Å². The first kappa shape index (κ1) is 21.7. The summed E-state index contributed by atoms with van der Waals surface area (Å²) in [7, 11) is 4.61. The van der Waals surface area contributed by atoms with Crippen LogP contribution in [-0.2, 0) is 9.59 Å². The van der Waals surface area contributed by atoms with Crippen LogP contribution in [-0.4, -0.2) is 51.1 Å². The summed E-state index contributed by atoms with van der Waals surface area (Å²) < 4.78 is 16.4. The Balaban J connectivity index is 1.88. The van der Waals surface area contributed by atoms with Gasteiger partial charge in [-0.05, 0) is 37.0 Å². The van der Waals surface area contributed by atoms with E-state index < -0.39 is 5.91 Å². The maximum Gasteiger partial charge on any atom is 0.282 e. The van der Waals surface area contributed by atoms with Gasteiger partial charge in [0.2, 0.25) is 0 Å². The number of para-hydroxylation sites is 1. The number of ether oxygens (including phenoxy) is 3. The van der Waals surface area contributed by atoms with E-state index in [1.165, 1.54) is 19.1 Å². The molecule has 0 bridgehead atoms. The highest BCUT2D eigenvalue weighted by molar-refractivity contribution is 6.46. The Morgan fingerprint density at radius 2 is 1.53 bits per heavy atom. The summed E-state index contributed by atoms with van der Waals surface area (Å²) in [5.74, 6) is 1.31. The predicted molar refractivity (Wildman–Crippen MR) is 122 cm³/mol. The maximum atomic E-state index is 13.8. The summed E-state index contributed by atoms with van der Waals surface area (Å²) in [6.07, 6.45) is 1.93. The van der Waals surface area contributed by atoms with Gasteiger partial charge >= 0.3 is 0 Å². The van der Waals surface area contributed by atoms with Crippen molar-refractivity contribution in [1.82, 2.24) is 4.90 Å². The molecule has 2 amide bonds. The van der Waals surface area contributed by atoms with Crippen LogP contribution in [0.2, 0.25) is 0 Å². The molecule has 0 N–H and O–H groups in total. The number of carbonyl (C=O) groups is 2. The molecular weight excluding hydrogens is 408 g/mol. The fourth-order valence-corrected chi connectivity index (χ4v) is 4.33. The van der Waals surface area contributed by atoms with Crippen LogP contribution in [0.1, 0.15) is 25.3 Å². The largest absolute Gasteiger partial charge is 0.497 e. The Hall–Kier alpha value is -3.48. The highest BCUT2D eigenvalue weighted by Crippen LogP contribution is 2.42. The molecular formula is C25H28N2O5. The van der Waals surface area contributed by atoms with E-state index in [2.05, 4.69) is 6.92 Å². The van der Waals surface area contributed by atoms with Crippen LogP contribution in [0.4, 0.5) is 5.69 Å². The zero-order chi connectivity index (χ0) is 22.8. The Morgan fingerprint density at radius 3 is 2.19 bits per heavy atom. The molecule has 168 valence electrons. The number of methoxy groups -OCH3 is 3. The first-order valence-corrected chi connectivity index (χ1v) is 10.7. The van der Waals surface area contributed by atoms with Crippen molar-refractivity contribution >= 4 is 23.1 Å². The number of nitrogens with zero attached hydrogens (tertiary/aromatic N) is 2. The fraction of sp³-hybridized carbons (Fsp3) is 0.360. The Kier molecular flexibility index (Phi) is 6.08. The molecule has 2 aromatic carbocycles. The monoisotopic (exact) mass is 436 g/mol. The molecule has 0 radical (unpaired) electrons. The summed E-state index contributed by atoms with van der Waals surface area (Å²) in [5, 5.41) is 0. The van der Waals surface area contributed by atoms with E-state index in [1.54, 1.807) is 31.4 Å². The third-order valence-electron chi connectivity index (χ3n) is 6.16. The van der Waals surface area contributed by atoms with E-state index in [0.717, 1.165) is 25.9 Å². The number of carbonyl (C=O) groups excluding carboxylic acids is 2. The first-order chi connectivity index (χ1) is 15.5. The lowest BCUT2D eigenvalue weighted by Gasteiger charge is -2.32. The van der Waals surface area contributed by atoms with Crippen LogP contribution in [0.25, 0.3) is 5.57 Å². The number of rotatable bonds is 6. The number of likely N-dealkylation sites (tertiary alicyclic amines) is 1. The predicted octanol–water partition coefficient (Wildman–Crippen LogP) is 3.73. The molecule has 4 rings (SSSR count). The normalized spacial score (nSPS) is 17.2. The third-order valence-corrected chi connectivity index (χ3v) is 6.16. The highest BCUT2D eigenvalue weighted by Gasteiger charge is 2.44. The van der Waals surface area contributed by atoms with Gasteiger partial charge in [-0.1, -0.05) is 25.1 Å². The van der Waals surface area contributed by atoms with Gasteiger partial charge in [-0.25, -0.2) is 4.90 Å². The molecule has 2 aromatic rings. The molecule has 7 heteroatoms. The number of piperidine rings is 1. The van der Waals surface area contributed by atoms with Crippen molar-refractivity contribution in [3.05, 3.63) is 53.7 Å². The zero-order valence-electron chi connectivity index (χ0n) is 18.9. The minimum Gasteiger partial charge on any atom is -0.497 e. The summed E-state index contributed by atoms with van der Waals surface area (Å²) in [6, 6.07) is 12.4. The van der Waals surface area contributed by atoms with Crippen molar-refractivity contribution in [2.24, 2.45) is 5.92 Å². The summed E-state index contributed by atoms with van der Waals surface area (Å²) in [5.41, 5.74) is 1.73. The quantitative estimate of drug-likeness (QED) is 0.643. The number of amides is 2. The topological polar surface area (TPSA) is 68.3 Å². The molecule has 2 aliphatic rings. The van der Waals surface area contributed by atoms with Gasteiger partial charge in [-0.3, -0.25) is 9.59 Å². The summed E-state index contributed by atoms with van der Waals surface area (Å²) >= 11 is 0. The summed E-state index contributed by atoms with van der Waals surface area (Å²) in [4.78, 5) is 30.9. The van der Waals surface area contributed by atoms with Gasteiger partial charge in [0, 0.05) is 24.7 Å². The van der Waals surface area contributed by atoms with E-state index in [9.17, 15) is 9.59 Å². The second kappa shape index (κ2) is 8.94. The minimum absolute atomic E-state index is 0.354. The molecule has 7 nitrogen and oxygen atoms in total. The highest BCUT2D eigenvalue weighted by atomic mass is 16.5. The van der Waals surface area contributed by atoms with Crippen LogP contribution < -0.4 is 19.1 Å². The van der Waals surface area contributed by atoms with Crippen molar-refractivity contribution in [2.45, 2.75) is 19.8 Å². The van der Waals surface area contributed by atoms with E-state index in [1.807, 2.05) is 23.1 Å². The van der Waals surface area contributed by atoms with Crippen molar-refractivity contribution in [3.8, 4) is 17.2 Å². The second-order valence-electron chi connectivity index (χ2n) is 8.08. The van der Waals surface area contributed by atoms with Crippen molar-refractivity contribution in [3.63, 3.8) is 0 Å². The van der Waals surface area contributed by atoms with Crippen LogP contribution in [0.15, 0.2) is 48.2 Å². The average Bonchev–Trinajstić information content (AvgIpc) is 3.08. The van der Waals surface area contributed by atoms with E-state index in [0.29, 0.717) is 45.7 Å². The van der Waals surface area contributed by atoms with Crippen molar-refractivity contribution in [2.75, 3.05) is 39.3 Å². The number of hydrogen-bond acceptors (Lipinski definition) is 6. The van der Waals surface area contributed by atoms with Crippen molar-refractivity contribution < 1.29 is 23.8 Å². The van der Waals surface area contributed by atoms with E-state index in [4.69, 9.17) is 14.2 Å². The smallest absolute Gasteiger partial charge is 0.282 e. The van der Waals surface area contributed by atoms with Crippen molar-refractivity contribution in [1.29, 1.82) is 0 Å². The maximum absolute atomic E-state index is 13.8. The van der Waals surface area contributed by atoms with Crippen LogP contribution >= 0.6 is 0 Å². The summed E-state index contributed by atoms with van der Waals surface area (Å²) in [6.45, 7) is 3.65. The molecule has 1 fully saturated rings. The number of imide groups is 1. The molecule has 0 aliphatic carbocycles. The first-order valence-electron chi connectivity index (χ1n) is 10.7. The number of benzene rings is 2. The molecule has 0 spiro atoms. The third kappa shape index (κ3) is 3.68. The zero-order valence-corrected chi connectivity index (χ0v) is 18.9. The second-order valence-corrected chi connectivity index (χ2v) is 8.08. The average molecular weight is 437 g/mol. The Bertz CT molecular complexity index is 1070. The fourth-order valence-electron chi connectivity index (χ4n) is 4.33. The Labute approximate surface area is 188 Å². The van der Waals surface area contributed by atoms with E-state index >= 15 is 0 Å². The molecule has 32 heavy (non-hydrogen) atoms. The Morgan fingerprint density at radius 1 is 0.844 bits per heavy atom. The lowest BCUT2D eigenvalue weighted by Crippen LogP contribution is -2.38. The van der Waals surface area contributed by atoms with Gasteiger partial charge in [0.1, 0.15) is 22.9 Å². The van der Waals surface area contributed by atoms with Gasteiger partial charge in [0.15, 0.2) is 0 Å². The van der Waals surface area contributed by atoms with Gasteiger partial charge in [0.25, 0.3) is 11.8 Å². The SMILES string of the molecule is COc1ccc(OC)c(N2C(=O)C(c3ccccc3OC)=C(N3CCC(C)CC3)C2=O)c1. The lowest BCUT2D eigenvalue weighted by atomic mass is 9.97. The van der Waals surface area contributed by atoms with Gasteiger partial charge in [0.05, 0.1) is 32.6 Å². The number of hydrogen-bond donors (Lipinski definition) is 0. The molecule has 1 saturated heterocycles. The van der Waals surface area contributed by atoms with Crippen LogP contribution in [0.5, 0.6) is 17.2 Å². The molecule has 0 atom stereocenters. The minimum atomic E-state index is -0.403. The molecule has 0 saturated carbocycles. The lowest BCUT2D eigenvalue weighted by molar-refractivity contribution is -0.120. The molecule has 2 aliphatic heterocycles. The van der Waals surface area contributed by atoms with Gasteiger partial charge in [-0.2, -0.15) is 0 Å². The standard InChI is InChI=1S/C25H28N2O5/c1-16-11-13-26(14-12-16)23-22(18-7-5-6-8-20(18)31-3)24(28)27(25(23)29)19-15-17(30-2)9-10-21(19)32-4/h5-10,15-16H,11-14H2,1-4H3. The molecule has 0 unspecified atom stereocenters. The van der Waals surface area contributed by atoms with E-state index in [-0.39, 0.29) is 5.91 Å². The van der Waals surface area contributed by atoms with Gasteiger partial charge in [-0.15, -0.1) is 0 Å². The number of anilines is 1. The molecule has 2 heterocycles. The molecule has 0 aromatic heterocycles. The van der Waals surface area contributed by atoms with Crippen LogP contribution in [0, 0.1) is 5.92 Å². The van der Waals surface area contributed by atoms with Crippen LogP contribution in [0.3, 0.4) is 0 Å².